The number of esters is 1. The van der Waals surface area contributed by atoms with Gasteiger partial charge in [-0.1, -0.05) is 0 Å². The second-order valence-electron chi connectivity index (χ2n) is 3.90. The molecule has 6 heteroatoms. The normalized spacial score (nSPS) is 12.0. The molecular formula is C13H18BrNO4. The van der Waals surface area contributed by atoms with E-state index >= 15 is 0 Å². The first-order chi connectivity index (χ1) is 8.99. The van der Waals surface area contributed by atoms with Gasteiger partial charge < -0.3 is 20.3 Å². The van der Waals surface area contributed by atoms with Gasteiger partial charge in [0.05, 0.1) is 24.1 Å². The molecule has 0 aliphatic heterocycles. The van der Waals surface area contributed by atoms with E-state index in [1.54, 1.807) is 19.1 Å². The highest BCUT2D eigenvalue weighted by Gasteiger charge is 2.17. The Kier molecular flexibility index (Phi) is 6.11. The molecule has 0 aliphatic rings. The van der Waals surface area contributed by atoms with Gasteiger partial charge in [0.2, 0.25) is 0 Å². The summed E-state index contributed by atoms with van der Waals surface area (Å²) in [6.07, 6.45) is 0.0800. The van der Waals surface area contributed by atoms with Crippen LogP contribution in [0.2, 0.25) is 0 Å². The topological polar surface area (TPSA) is 81.8 Å². The molecule has 1 atom stereocenters. The minimum Gasteiger partial charge on any atom is -0.503 e. The monoisotopic (exact) mass is 331 g/mol. The van der Waals surface area contributed by atoms with Crippen LogP contribution in [0.4, 0.5) is 0 Å². The fourth-order valence-corrected chi connectivity index (χ4v) is 2.05. The van der Waals surface area contributed by atoms with E-state index in [0.717, 1.165) is 0 Å². The lowest BCUT2D eigenvalue weighted by atomic mass is 10.0. The van der Waals surface area contributed by atoms with Crippen molar-refractivity contribution in [2.45, 2.75) is 26.3 Å². The highest BCUT2D eigenvalue weighted by molar-refractivity contribution is 9.10. The minimum absolute atomic E-state index is 0.0222. The smallest absolute Gasteiger partial charge is 0.307 e. The van der Waals surface area contributed by atoms with Crippen LogP contribution in [0, 0.1) is 0 Å². The van der Waals surface area contributed by atoms with Crippen molar-refractivity contribution in [3.05, 3.63) is 22.2 Å². The summed E-state index contributed by atoms with van der Waals surface area (Å²) in [6.45, 7) is 4.32. The zero-order chi connectivity index (χ0) is 14.4. The van der Waals surface area contributed by atoms with Gasteiger partial charge in [0.15, 0.2) is 11.5 Å². The molecule has 0 saturated heterocycles. The molecular weight excluding hydrogens is 314 g/mol. The van der Waals surface area contributed by atoms with E-state index in [0.29, 0.717) is 29.0 Å². The molecule has 1 aromatic rings. The number of halogens is 1. The third-order valence-electron chi connectivity index (χ3n) is 2.47. The molecule has 0 bridgehead atoms. The second kappa shape index (κ2) is 7.35. The minimum atomic E-state index is -0.504. The maximum absolute atomic E-state index is 11.4. The van der Waals surface area contributed by atoms with E-state index in [-0.39, 0.29) is 18.1 Å². The molecule has 1 aromatic carbocycles. The lowest BCUT2D eigenvalue weighted by Gasteiger charge is -2.15. The van der Waals surface area contributed by atoms with E-state index in [1.807, 2.05) is 6.92 Å². The van der Waals surface area contributed by atoms with Gasteiger partial charge in [-0.05, 0) is 47.5 Å². The Morgan fingerprint density at radius 3 is 2.68 bits per heavy atom. The van der Waals surface area contributed by atoms with Crippen molar-refractivity contribution in [2.75, 3.05) is 13.2 Å². The van der Waals surface area contributed by atoms with Crippen LogP contribution < -0.4 is 10.5 Å². The fourth-order valence-electron chi connectivity index (χ4n) is 1.59. The molecule has 0 amide bonds. The Hall–Kier alpha value is -1.27. The van der Waals surface area contributed by atoms with Crippen LogP contribution in [0.5, 0.6) is 11.5 Å². The number of benzene rings is 1. The molecule has 0 saturated carbocycles. The molecule has 0 aromatic heterocycles. The van der Waals surface area contributed by atoms with Crippen LogP contribution in [0.25, 0.3) is 0 Å². The Labute approximate surface area is 120 Å². The maximum atomic E-state index is 11.4. The third kappa shape index (κ3) is 4.40. The largest absolute Gasteiger partial charge is 0.503 e. The SMILES string of the molecule is CCOC(=O)C[C@@H](N)c1cc(Br)c(O)c(OCC)c1. The number of phenolic OH excluding ortho intramolecular Hbond substituents is 1. The quantitative estimate of drug-likeness (QED) is 0.782. The Bertz CT molecular complexity index is 451. The first kappa shape index (κ1) is 15.8. The molecule has 3 N–H and O–H groups in total. The molecule has 0 fully saturated rings. The van der Waals surface area contributed by atoms with Crippen LogP contribution in [0.15, 0.2) is 16.6 Å². The van der Waals surface area contributed by atoms with Crippen molar-refractivity contribution in [1.29, 1.82) is 0 Å². The van der Waals surface area contributed by atoms with Gasteiger partial charge in [0.25, 0.3) is 0 Å². The lowest BCUT2D eigenvalue weighted by Crippen LogP contribution is -2.17. The number of ether oxygens (including phenoxy) is 2. The second-order valence-corrected chi connectivity index (χ2v) is 4.75. The van der Waals surface area contributed by atoms with Crippen molar-refractivity contribution in [2.24, 2.45) is 5.73 Å². The van der Waals surface area contributed by atoms with E-state index in [4.69, 9.17) is 15.2 Å². The number of nitrogens with two attached hydrogens (primary N) is 1. The first-order valence-electron chi connectivity index (χ1n) is 6.06. The van der Waals surface area contributed by atoms with Crippen LogP contribution in [-0.2, 0) is 9.53 Å². The number of aromatic hydroxyl groups is 1. The molecule has 1 rings (SSSR count). The summed E-state index contributed by atoms with van der Waals surface area (Å²) in [5, 5.41) is 9.80. The van der Waals surface area contributed by atoms with Gasteiger partial charge in [-0.2, -0.15) is 0 Å². The average molecular weight is 332 g/mol. The zero-order valence-electron chi connectivity index (χ0n) is 11.0. The molecule has 0 spiro atoms. The summed E-state index contributed by atoms with van der Waals surface area (Å²) in [6, 6.07) is 2.80. The number of rotatable bonds is 6. The van der Waals surface area contributed by atoms with Gasteiger partial charge in [-0.25, -0.2) is 0 Å². The van der Waals surface area contributed by atoms with Crippen molar-refractivity contribution in [3.8, 4) is 11.5 Å². The predicted molar refractivity (Wildman–Crippen MR) is 75.2 cm³/mol. The molecule has 106 valence electrons. The average Bonchev–Trinajstić information content (AvgIpc) is 2.35. The Morgan fingerprint density at radius 2 is 2.11 bits per heavy atom. The van der Waals surface area contributed by atoms with Gasteiger partial charge in [-0.15, -0.1) is 0 Å². The number of carbonyl (C=O) groups is 1. The van der Waals surface area contributed by atoms with Gasteiger partial charge in [-0.3, -0.25) is 4.79 Å². The first-order valence-corrected chi connectivity index (χ1v) is 6.85. The van der Waals surface area contributed by atoms with Gasteiger partial charge in [0, 0.05) is 6.04 Å². The van der Waals surface area contributed by atoms with Crippen molar-refractivity contribution in [1.82, 2.24) is 0 Å². The van der Waals surface area contributed by atoms with Crippen LogP contribution in [-0.4, -0.2) is 24.3 Å². The standard InChI is InChI=1S/C13H18BrNO4/c1-3-18-11-6-8(5-9(14)13(11)17)10(15)7-12(16)19-4-2/h5-6,10,17H,3-4,7,15H2,1-2H3/t10-/m1/s1. The summed E-state index contributed by atoms with van der Waals surface area (Å²) >= 11 is 3.23. The van der Waals surface area contributed by atoms with Gasteiger partial charge in [0.1, 0.15) is 0 Å². The summed E-state index contributed by atoms with van der Waals surface area (Å²) in [5.74, 6) is 0.0114. The van der Waals surface area contributed by atoms with Crippen LogP contribution in [0.3, 0.4) is 0 Å². The predicted octanol–water partition coefficient (Wildman–Crippen LogP) is 2.51. The van der Waals surface area contributed by atoms with Crippen LogP contribution in [0.1, 0.15) is 31.9 Å². The highest BCUT2D eigenvalue weighted by atomic mass is 79.9. The maximum Gasteiger partial charge on any atom is 0.307 e. The molecule has 5 nitrogen and oxygen atoms in total. The number of hydrogen-bond acceptors (Lipinski definition) is 5. The van der Waals surface area contributed by atoms with E-state index in [9.17, 15) is 9.90 Å². The number of phenols is 1. The van der Waals surface area contributed by atoms with Crippen LogP contribution >= 0.6 is 15.9 Å². The summed E-state index contributed by atoms with van der Waals surface area (Å²) < 4.78 is 10.6. The summed E-state index contributed by atoms with van der Waals surface area (Å²) in [7, 11) is 0. The summed E-state index contributed by atoms with van der Waals surface area (Å²) in [5.41, 5.74) is 6.65. The van der Waals surface area contributed by atoms with Crippen molar-refractivity contribution < 1.29 is 19.4 Å². The number of hydrogen-bond donors (Lipinski definition) is 2. The summed E-state index contributed by atoms with van der Waals surface area (Å²) in [4.78, 5) is 11.4. The highest BCUT2D eigenvalue weighted by Crippen LogP contribution is 2.37. The third-order valence-corrected chi connectivity index (χ3v) is 3.08. The Balaban J connectivity index is 2.90. The molecule has 19 heavy (non-hydrogen) atoms. The van der Waals surface area contributed by atoms with E-state index < -0.39 is 6.04 Å². The van der Waals surface area contributed by atoms with Crippen molar-refractivity contribution in [3.63, 3.8) is 0 Å². The molecule has 0 unspecified atom stereocenters. The van der Waals surface area contributed by atoms with Crippen molar-refractivity contribution >= 4 is 21.9 Å². The zero-order valence-corrected chi connectivity index (χ0v) is 12.6. The van der Waals surface area contributed by atoms with Gasteiger partial charge >= 0.3 is 5.97 Å². The van der Waals surface area contributed by atoms with E-state index in [2.05, 4.69) is 15.9 Å². The Morgan fingerprint density at radius 1 is 1.42 bits per heavy atom. The molecule has 0 heterocycles. The molecule has 0 radical (unpaired) electrons. The van der Waals surface area contributed by atoms with E-state index in [1.165, 1.54) is 0 Å². The number of carbonyl (C=O) groups excluding carboxylic acids is 1. The lowest BCUT2D eigenvalue weighted by molar-refractivity contribution is -0.143. The fraction of sp³-hybridized carbons (Fsp3) is 0.462. The molecule has 0 aliphatic carbocycles.